The van der Waals surface area contributed by atoms with Gasteiger partial charge in [-0.1, -0.05) is 126 Å². The molecule has 238 valence electrons. The van der Waals surface area contributed by atoms with Gasteiger partial charge in [0.25, 0.3) is 0 Å². The summed E-state index contributed by atoms with van der Waals surface area (Å²) in [6.45, 7) is 4.32. The first-order chi connectivity index (χ1) is 20.6. The van der Waals surface area contributed by atoms with E-state index in [1.807, 2.05) is 6.08 Å². The van der Waals surface area contributed by atoms with Crippen molar-refractivity contribution in [2.45, 2.75) is 155 Å². The highest BCUT2D eigenvalue weighted by atomic mass is 16.5. The van der Waals surface area contributed by atoms with Crippen molar-refractivity contribution in [3.8, 4) is 0 Å². The summed E-state index contributed by atoms with van der Waals surface area (Å²) >= 11 is 0. The van der Waals surface area contributed by atoms with Crippen LogP contribution in [0.1, 0.15) is 149 Å². The molecule has 0 bridgehead atoms. The number of esters is 1. The lowest BCUT2D eigenvalue weighted by Crippen LogP contribution is -2.16. The van der Waals surface area contributed by atoms with Gasteiger partial charge < -0.3 is 9.84 Å². The Balaban J connectivity index is 3.98. The smallest absolute Gasteiger partial charge is 0.306 e. The lowest BCUT2D eigenvalue weighted by Gasteiger charge is -2.14. The van der Waals surface area contributed by atoms with Crippen molar-refractivity contribution < 1.29 is 19.4 Å². The molecule has 0 aromatic carbocycles. The van der Waals surface area contributed by atoms with Crippen molar-refractivity contribution in [2.75, 3.05) is 0 Å². The largest absolute Gasteiger partial charge is 0.481 e. The third-order valence-electron chi connectivity index (χ3n) is 6.88. The van der Waals surface area contributed by atoms with E-state index in [1.165, 1.54) is 25.7 Å². The third kappa shape index (κ3) is 31.9. The Hall–Kier alpha value is -2.62. The van der Waals surface area contributed by atoms with Crippen LogP contribution in [0.25, 0.3) is 0 Å². The van der Waals surface area contributed by atoms with Crippen LogP contribution >= 0.6 is 0 Å². The predicted octanol–water partition coefficient (Wildman–Crippen LogP) is 11.6. The molecule has 0 aliphatic carbocycles. The molecule has 1 unspecified atom stereocenters. The lowest BCUT2D eigenvalue weighted by molar-refractivity contribution is -0.147. The number of aliphatic carboxylic acids is 1. The van der Waals surface area contributed by atoms with Gasteiger partial charge in [0.15, 0.2) is 0 Å². The van der Waals surface area contributed by atoms with Gasteiger partial charge in [0.05, 0.1) is 0 Å². The highest BCUT2D eigenvalue weighted by Crippen LogP contribution is 2.14. The molecule has 0 rings (SSSR count). The number of ether oxygens (including phenoxy) is 1. The zero-order chi connectivity index (χ0) is 30.8. The van der Waals surface area contributed by atoms with Gasteiger partial charge in [0, 0.05) is 12.8 Å². The number of carboxylic acids is 1. The van der Waals surface area contributed by atoms with E-state index in [4.69, 9.17) is 9.84 Å². The number of hydrogen-bond acceptors (Lipinski definition) is 3. The molecule has 0 heterocycles. The summed E-state index contributed by atoms with van der Waals surface area (Å²) in [4.78, 5) is 23.1. The maximum absolute atomic E-state index is 12.5. The predicted molar refractivity (Wildman–Crippen MR) is 181 cm³/mol. The fourth-order valence-corrected chi connectivity index (χ4v) is 4.42. The Morgan fingerprint density at radius 1 is 0.571 bits per heavy atom. The highest BCUT2D eigenvalue weighted by Gasteiger charge is 2.11. The van der Waals surface area contributed by atoms with Gasteiger partial charge in [-0.25, -0.2) is 0 Å². The van der Waals surface area contributed by atoms with Crippen LogP contribution in [-0.2, 0) is 14.3 Å². The van der Waals surface area contributed by atoms with Gasteiger partial charge in [-0.15, -0.1) is 0 Å². The second-order valence-electron chi connectivity index (χ2n) is 11.0. The van der Waals surface area contributed by atoms with Crippen LogP contribution in [0.5, 0.6) is 0 Å². The first-order valence-electron chi connectivity index (χ1n) is 16.9. The van der Waals surface area contributed by atoms with E-state index >= 15 is 0 Å². The van der Waals surface area contributed by atoms with Crippen LogP contribution in [-0.4, -0.2) is 23.1 Å². The SMILES string of the molecule is CC/C=C\C/C=C\C/C=C\C/C=C\CCCCCCCCC(=O)OC(/C=C\C/C=C\CCC)CCCCCCC(=O)O. The fourth-order valence-electron chi connectivity index (χ4n) is 4.42. The van der Waals surface area contributed by atoms with Crippen molar-refractivity contribution in [3.63, 3.8) is 0 Å². The van der Waals surface area contributed by atoms with Crippen molar-refractivity contribution in [3.05, 3.63) is 72.9 Å². The molecule has 1 N–H and O–H groups in total. The summed E-state index contributed by atoms with van der Waals surface area (Å²) in [5.74, 6) is -0.834. The number of carboxylic acid groups (broad SMARTS) is 1. The lowest BCUT2D eigenvalue weighted by atomic mass is 10.1. The third-order valence-corrected chi connectivity index (χ3v) is 6.88. The minimum Gasteiger partial charge on any atom is -0.481 e. The van der Waals surface area contributed by atoms with Gasteiger partial charge in [-0.2, -0.15) is 0 Å². The van der Waals surface area contributed by atoms with Crippen molar-refractivity contribution in [1.29, 1.82) is 0 Å². The minimum atomic E-state index is -0.734. The first kappa shape index (κ1) is 39.4. The molecular formula is C38H62O4. The average molecular weight is 583 g/mol. The van der Waals surface area contributed by atoms with Crippen LogP contribution in [0.4, 0.5) is 0 Å². The van der Waals surface area contributed by atoms with Crippen LogP contribution in [0, 0.1) is 0 Å². The molecule has 0 aromatic heterocycles. The molecular weight excluding hydrogens is 520 g/mol. The Morgan fingerprint density at radius 2 is 1.07 bits per heavy atom. The van der Waals surface area contributed by atoms with E-state index in [0.717, 1.165) is 89.9 Å². The van der Waals surface area contributed by atoms with E-state index in [0.29, 0.717) is 12.8 Å². The van der Waals surface area contributed by atoms with E-state index in [-0.39, 0.29) is 18.5 Å². The van der Waals surface area contributed by atoms with Gasteiger partial charge in [0.1, 0.15) is 6.10 Å². The molecule has 42 heavy (non-hydrogen) atoms. The number of carbonyl (C=O) groups is 2. The molecule has 1 atom stereocenters. The van der Waals surface area contributed by atoms with E-state index in [9.17, 15) is 9.59 Å². The Labute approximate surface area is 258 Å². The average Bonchev–Trinajstić information content (AvgIpc) is 2.97. The molecule has 0 aromatic rings. The second kappa shape index (κ2) is 32.9. The monoisotopic (exact) mass is 582 g/mol. The standard InChI is InChI=1S/C38H62O4/c1-3-5-7-9-11-12-13-14-15-16-17-18-19-20-21-22-23-25-31-35-38(41)42-36(32-28-24-10-8-6-4-2)33-29-26-27-30-34-37(39)40/h5,7-8,10-12,14-15,17-18,28,32,36H,3-4,6,9,13,16,19-27,29-31,33-35H2,1-2H3,(H,39,40)/b7-5-,10-8-,12-11-,15-14-,18-17-,32-28-. The molecule has 0 spiro atoms. The van der Waals surface area contributed by atoms with Crippen LogP contribution in [0.3, 0.4) is 0 Å². The number of hydrogen-bond donors (Lipinski definition) is 1. The van der Waals surface area contributed by atoms with Gasteiger partial charge >= 0.3 is 11.9 Å². The number of unbranched alkanes of at least 4 members (excludes halogenated alkanes) is 10. The van der Waals surface area contributed by atoms with Crippen molar-refractivity contribution >= 4 is 11.9 Å². The van der Waals surface area contributed by atoms with Gasteiger partial charge in [-0.05, 0) is 83.1 Å². The molecule has 0 fully saturated rings. The summed E-state index contributed by atoms with van der Waals surface area (Å²) in [5.41, 5.74) is 0. The topological polar surface area (TPSA) is 63.6 Å². The van der Waals surface area contributed by atoms with E-state index in [1.54, 1.807) is 0 Å². The van der Waals surface area contributed by atoms with E-state index in [2.05, 4.69) is 80.7 Å². The van der Waals surface area contributed by atoms with Gasteiger partial charge in [-0.3, -0.25) is 9.59 Å². The molecule has 0 saturated carbocycles. The summed E-state index contributed by atoms with van der Waals surface area (Å²) in [6.07, 6.45) is 46.5. The Morgan fingerprint density at radius 3 is 1.69 bits per heavy atom. The summed E-state index contributed by atoms with van der Waals surface area (Å²) in [5, 5.41) is 8.78. The first-order valence-corrected chi connectivity index (χ1v) is 16.9. The number of allylic oxidation sites excluding steroid dienone is 11. The number of rotatable bonds is 29. The quantitative estimate of drug-likeness (QED) is 0.0541. The Kier molecular flexibility index (Phi) is 30.8. The second-order valence-corrected chi connectivity index (χ2v) is 11.0. The van der Waals surface area contributed by atoms with Gasteiger partial charge in [0.2, 0.25) is 0 Å². The molecule has 0 aliphatic rings. The fraction of sp³-hybridized carbons (Fsp3) is 0.632. The molecule has 0 amide bonds. The maximum atomic E-state index is 12.5. The zero-order valence-electron chi connectivity index (χ0n) is 27.0. The van der Waals surface area contributed by atoms with Crippen LogP contribution in [0.2, 0.25) is 0 Å². The molecule has 0 aliphatic heterocycles. The van der Waals surface area contributed by atoms with Crippen molar-refractivity contribution in [2.24, 2.45) is 0 Å². The maximum Gasteiger partial charge on any atom is 0.306 e. The van der Waals surface area contributed by atoms with Crippen LogP contribution < -0.4 is 0 Å². The normalized spacial score (nSPS) is 13.2. The molecule has 0 saturated heterocycles. The minimum absolute atomic E-state index is 0.101. The summed E-state index contributed by atoms with van der Waals surface area (Å²) < 4.78 is 5.80. The zero-order valence-corrected chi connectivity index (χ0v) is 27.0. The molecule has 0 radical (unpaired) electrons. The summed E-state index contributed by atoms with van der Waals surface area (Å²) in [6, 6.07) is 0. The molecule has 4 nitrogen and oxygen atoms in total. The molecule has 4 heteroatoms. The van der Waals surface area contributed by atoms with Crippen molar-refractivity contribution in [1.82, 2.24) is 0 Å². The Bertz CT molecular complexity index is 800. The number of carbonyl (C=O) groups excluding carboxylic acids is 1. The summed E-state index contributed by atoms with van der Waals surface area (Å²) in [7, 11) is 0. The van der Waals surface area contributed by atoms with Crippen LogP contribution in [0.15, 0.2) is 72.9 Å². The van der Waals surface area contributed by atoms with E-state index < -0.39 is 5.97 Å². The highest BCUT2D eigenvalue weighted by molar-refractivity contribution is 5.69.